The monoisotopic (exact) mass is 342 g/mol. The molecule has 132 valence electrons. The first-order valence-electron chi connectivity index (χ1n) is 8.72. The van der Waals surface area contributed by atoms with Crippen molar-refractivity contribution in [1.82, 2.24) is 19.8 Å². The number of rotatable bonds is 4. The summed E-state index contributed by atoms with van der Waals surface area (Å²) in [6, 6.07) is 3.48. The highest BCUT2D eigenvalue weighted by atomic mass is 16.3. The number of aromatic nitrogens is 2. The second-order valence-corrected chi connectivity index (χ2v) is 6.97. The van der Waals surface area contributed by atoms with E-state index in [0.717, 1.165) is 12.2 Å². The highest BCUT2D eigenvalue weighted by Gasteiger charge is 2.44. The summed E-state index contributed by atoms with van der Waals surface area (Å²) in [4.78, 5) is 31.3. The maximum Gasteiger partial charge on any atom is 0.271 e. The molecular weight excluding hydrogens is 320 g/mol. The molecule has 2 amide bonds. The number of hydrogen-bond acceptors (Lipinski definition) is 4. The largest absolute Gasteiger partial charge is 0.467 e. The fourth-order valence-corrected chi connectivity index (χ4v) is 3.45. The first kappa shape index (κ1) is 15.9. The second kappa shape index (κ2) is 6.06. The maximum atomic E-state index is 12.6. The van der Waals surface area contributed by atoms with Crippen LogP contribution >= 0.6 is 0 Å². The number of carbonyl (C=O) groups is 2. The van der Waals surface area contributed by atoms with Crippen molar-refractivity contribution >= 4 is 11.8 Å². The predicted molar refractivity (Wildman–Crippen MR) is 89.5 cm³/mol. The average Bonchev–Trinajstić information content (AvgIpc) is 3.03. The lowest BCUT2D eigenvalue weighted by molar-refractivity contribution is -0.136. The van der Waals surface area contributed by atoms with Gasteiger partial charge in [-0.2, -0.15) is 0 Å². The Bertz CT molecular complexity index is 795. The second-order valence-electron chi connectivity index (χ2n) is 6.97. The minimum absolute atomic E-state index is 0.110. The molecule has 1 N–H and O–H groups in total. The molecule has 3 heterocycles. The number of nitrogens with one attached hydrogen (secondary N) is 1. The zero-order valence-electron chi connectivity index (χ0n) is 14.4. The van der Waals surface area contributed by atoms with E-state index in [2.05, 4.69) is 17.2 Å². The van der Waals surface area contributed by atoms with E-state index in [1.807, 2.05) is 22.5 Å². The summed E-state index contributed by atoms with van der Waals surface area (Å²) < 4.78 is 7.19. The lowest BCUT2D eigenvalue weighted by Gasteiger charge is -2.34. The smallest absolute Gasteiger partial charge is 0.271 e. The van der Waals surface area contributed by atoms with Crippen LogP contribution in [0.15, 0.2) is 29.0 Å². The van der Waals surface area contributed by atoms with E-state index < -0.39 is 0 Å². The highest BCUT2D eigenvalue weighted by molar-refractivity contribution is 5.92. The van der Waals surface area contributed by atoms with Gasteiger partial charge in [0, 0.05) is 25.2 Å². The fraction of sp³-hybridized carbons (Fsp3) is 0.500. The summed E-state index contributed by atoms with van der Waals surface area (Å²) in [5.41, 5.74) is 0.377. The van der Waals surface area contributed by atoms with E-state index in [4.69, 9.17) is 4.42 Å². The molecular formula is C18H22N4O3. The first-order chi connectivity index (χ1) is 12.0. The molecule has 3 unspecified atom stereocenters. The molecule has 3 atom stereocenters. The summed E-state index contributed by atoms with van der Waals surface area (Å²) >= 11 is 0. The van der Waals surface area contributed by atoms with Gasteiger partial charge in [-0.3, -0.25) is 9.59 Å². The molecule has 7 nitrogen and oxygen atoms in total. The van der Waals surface area contributed by atoms with Gasteiger partial charge in [0.1, 0.15) is 17.3 Å². The molecule has 2 aromatic rings. The molecule has 25 heavy (non-hydrogen) atoms. The molecule has 0 radical (unpaired) electrons. The molecule has 0 bridgehead atoms. The Balaban J connectivity index is 1.46. The lowest BCUT2D eigenvalue weighted by Crippen LogP contribution is -2.42. The zero-order chi connectivity index (χ0) is 17.6. The summed E-state index contributed by atoms with van der Waals surface area (Å²) in [7, 11) is 0. The van der Waals surface area contributed by atoms with E-state index >= 15 is 0 Å². The Morgan fingerprint density at radius 1 is 1.36 bits per heavy atom. The van der Waals surface area contributed by atoms with Gasteiger partial charge in [-0.05, 0) is 31.4 Å². The first-order valence-corrected chi connectivity index (χ1v) is 8.72. The van der Waals surface area contributed by atoms with Crippen LogP contribution < -0.4 is 5.32 Å². The highest BCUT2D eigenvalue weighted by Crippen LogP contribution is 2.41. The van der Waals surface area contributed by atoms with Crippen molar-refractivity contribution < 1.29 is 14.0 Å². The van der Waals surface area contributed by atoms with Crippen LogP contribution in [0, 0.1) is 11.8 Å². The van der Waals surface area contributed by atoms with Crippen molar-refractivity contribution in [3.8, 4) is 0 Å². The third kappa shape index (κ3) is 2.94. The summed E-state index contributed by atoms with van der Waals surface area (Å²) in [5.74, 6) is 2.11. The molecule has 7 heteroatoms. The van der Waals surface area contributed by atoms with Gasteiger partial charge < -0.3 is 19.2 Å². The van der Waals surface area contributed by atoms with Gasteiger partial charge in [-0.25, -0.2) is 4.98 Å². The number of nitrogens with zero attached hydrogens (tertiary/aromatic N) is 3. The Morgan fingerprint density at radius 3 is 2.84 bits per heavy atom. The van der Waals surface area contributed by atoms with Gasteiger partial charge >= 0.3 is 0 Å². The van der Waals surface area contributed by atoms with E-state index in [9.17, 15) is 9.59 Å². The Hall–Kier alpha value is -2.57. The molecule has 0 saturated heterocycles. The number of hydrogen-bond donors (Lipinski definition) is 1. The molecule has 0 spiro atoms. The Morgan fingerprint density at radius 2 is 2.16 bits per heavy atom. The Kier molecular flexibility index (Phi) is 3.86. The van der Waals surface area contributed by atoms with Gasteiger partial charge in [0.25, 0.3) is 5.91 Å². The number of imidazole rings is 1. The molecule has 2 aromatic heterocycles. The van der Waals surface area contributed by atoms with Crippen molar-refractivity contribution in [3.63, 3.8) is 0 Å². The molecule has 1 aliphatic carbocycles. The van der Waals surface area contributed by atoms with Crippen molar-refractivity contribution in [2.24, 2.45) is 11.8 Å². The van der Waals surface area contributed by atoms with Gasteiger partial charge in [-0.1, -0.05) is 6.92 Å². The zero-order valence-corrected chi connectivity index (χ0v) is 14.4. The molecule has 0 aromatic carbocycles. The molecule has 1 saturated carbocycles. The third-order valence-electron chi connectivity index (χ3n) is 5.18. The molecule has 2 aliphatic rings. The summed E-state index contributed by atoms with van der Waals surface area (Å²) in [6.45, 7) is 5.76. The maximum absolute atomic E-state index is 12.6. The Labute approximate surface area is 146 Å². The molecule has 1 aliphatic heterocycles. The average molecular weight is 342 g/mol. The quantitative estimate of drug-likeness (QED) is 0.921. The van der Waals surface area contributed by atoms with Crippen LogP contribution in [0.1, 0.15) is 48.4 Å². The number of amides is 2. The summed E-state index contributed by atoms with van der Waals surface area (Å²) in [5, 5.41) is 2.80. The minimum atomic E-state index is -0.237. The van der Waals surface area contributed by atoms with E-state index in [1.165, 1.54) is 0 Å². The van der Waals surface area contributed by atoms with Gasteiger partial charge in [0.15, 0.2) is 0 Å². The van der Waals surface area contributed by atoms with E-state index in [-0.39, 0.29) is 23.8 Å². The molecule has 1 fully saturated rings. The van der Waals surface area contributed by atoms with Gasteiger partial charge in [0.2, 0.25) is 5.91 Å². The standard InChI is InChI=1S/C18H22N4O3/c1-11-8-14(11)18(24)22-6-5-21-10-15(20-16(21)12(22)2)17(23)19-9-13-4-3-7-25-13/h3-4,7,10-12,14H,5-6,8-9H2,1-2H3,(H,19,23). The van der Waals surface area contributed by atoms with Gasteiger partial charge in [0.05, 0.1) is 18.8 Å². The van der Waals surface area contributed by atoms with Crippen LogP contribution in [0.3, 0.4) is 0 Å². The fourth-order valence-electron chi connectivity index (χ4n) is 3.45. The van der Waals surface area contributed by atoms with Crippen molar-refractivity contribution in [2.75, 3.05) is 6.54 Å². The van der Waals surface area contributed by atoms with Crippen molar-refractivity contribution in [2.45, 2.75) is 39.4 Å². The number of fused-ring (bicyclic) bond motifs is 1. The van der Waals surface area contributed by atoms with E-state index in [1.54, 1.807) is 18.5 Å². The number of carbonyl (C=O) groups excluding carboxylic acids is 2. The predicted octanol–water partition coefficient (Wildman–Crippen LogP) is 1.97. The van der Waals surface area contributed by atoms with Crippen LogP contribution in [-0.4, -0.2) is 32.8 Å². The van der Waals surface area contributed by atoms with Gasteiger partial charge in [-0.15, -0.1) is 0 Å². The topological polar surface area (TPSA) is 80.4 Å². The normalized spacial score (nSPS) is 24.7. The minimum Gasteiger partial charge on any atom is -0.467 e. The lowest BCUT2D eigenvalue weighted by atomic mass is 10.1. The number of furan rings is 1. The van der Waals surface area contributed by atoms with Crippen LogP contribution in [0.5, 0.6) is 0 Å². The SMILES string of the molecule is CC1CC1C(=O)N1CCn2cc(C(=O)NCc3ccco3)nc2C1C. The third-order valence-corrected chi connectivity index (χ3v) is 5.18. The van der Waals surface area contributed by atoms with Crippen LogP contribution in [0.25, 0.3) is 0 Å². The van der Waals surface area contributed by atoms with Crippen molar-refractivity contribution in [1.29, 1.82) is 0 Å². The van der Waals surface area contributed by atoms with E-state index in [0.29, 0.717) is 37.0 Å². The van der Waals surface area contributed by atoms with Crippen LogP contribution in [0.2, 0.25) is 0 Å². The van der Waals surface area contributed by atoms with Crippen LogP contribution in [0.4, 0.5) is 0 Å². The molecule has 4 rings (SSSR count). The van der Waals surface area contributed by atoms with Crippen LogP contribution in [-0.2, 0) is 17.9 Å². The summed E-state index contributed by atoms with van der Waals surface area (Å²) in [6.07, 6.45) is 4.33. The van der Waals surface area contributed by atoms with Crippen molar-refractivity contribution in [3.05, 3.63) is 41.9 Å².